The Morgan fingerprint density at radius 1 is 0.625 bits per heavy atom. The van der Waals surface area contributed by atoms with Gasteiger partial charge < -0.3 is 14.9 Å². The van der Waals surface area contributed by atoms with Crippen LogP contribution in [0.5, 0.6) is 11.5 Å². The Hall–Kier alpha value is -2.49. The molecular formula is C36H58O4. The van der Waals surface area contributed by atoms with Gasteiger partial charge in [-0.25, -0.2) is 0 Å². The van der Waals surface area contributed by atoms with Gasteiger partial charge in [0.15, 0.2) is 0 Å². The molecule has 0 spiro atoms. The summed E-state index contributed by atoms with van der Waals surface area (Å²) in [7, 11) is 0. The molecular weight excluding hydrogens is 496 g/mol. The van der Waals surface area contributed by atoms with Crippen molar-refractivity contribution in [2.45, 2.75) is 144 Å². The van der Waals surface area contributed by atoms with Crippen LogP contribution in [0.2, 0.25) is 0 Å². The molecule has 2 aromatic rings. The fourth-order valence-electron chi connectivity index (χ4n) is 4.56. The van der Waals surface area contributed by atoms with Gasteiger partial charge in [0, 0.05) is 6.42 Å². The predicted molar refractivity (Wildman–Crippen MR) is 170 cm³/mol. The van der Waals surface area contributed by atoms with Crippen LogP contribution < -0.4 is 0 Å². The maximum absolute atomic E-state index is 11.7. The smallest absolute Gasteiger partial charge is 0.306 e. The zero-order valence-electron chi connectivity index (χ0n) is 28.1. The second kappa shape index (κ2) is 13.4. The minimum absolute atomic E-state index is 0.0186. The van der Waals surface area contributed by atoms with Gasteiger partial charge >= 0.3 is 5.97 Å². The van der Waals surface area contributed by atoms with Crippen LogP contribution in [0.25, 0.3) is 0 Å². The zero-order chi connectivity index (χ0) is 31.3. The Bertz CT molecular complexity index is 1060. The molecule has 0 aromatic heterocycles. The monoisotopic (exact) mass is 554 g/mol. The van der Waals surface area contributed by atoms with E-state index in [0.29, 0.717) is 30.9 Å². The maximum Gasteiger partial charge on any atom is 0.306 e. The van der Waals surface area contributed by atoms with Gasteiger partial charge in [-0.05, 0) is 74.3 Å². The summed E-state index contributed by atoms with van der Waals surface area (Å²) in [5.41, 5.74) is 6.02. The molecule has 0 radical (unpaired) electrons. The van der Waals surface area contributed by atoms with Gasteiger partial charge in [0.1, 0.15) is 11.5 Å². The number of esters is 1. The van der Waals surface area contributed by atoms with Gasteiger partial charge in [0.2, 0.25) is 0 Å². The molecule has 0 fully saturated rings. The number of aryl methyl sites for hydroxylation is 2. The molecule has 0 aliphatic heterocycles. The predicted octanol–water partition coefficient (Wildman–Crippen LogP) is 9.42. The quantitative estimate of drug-likeness (QED) is 0.349. The normalized spacial score (nSPS) is 12.6. The van der Waals surface area contributed by atoms with Crippen molar-refractivity contribution in [3.8, 4) is 11.5 Å². The van der Waals surface area contributed by atoms with Gasteiger partial charge in [-0.15, -0.1) is 0 Å². The molecule has 0 heterocycles. The summed E-state index contributed by atoms with van der Waals surface area (Å²) in [6, 6.07) is 8.34. The minimum Gasteiger partial charge on any atom is -0.507 e. The van der Waals surface area contributed by atoms with E-state index in [1.807, 2.05) is 19.1 Å². The molecule has 0 aliphatic rings. The summed E-state index contributed by atoms with van der Waals surface area (Å²) in [5, 5.41) is 21.2. The third-order valence-corrected chi connectivity index (χ3v) is 7.06. The van der Waals surface area contributed by atoms with Crippen LogP contribution >= 0.6 is 0 Å². The number of carbonyl (C=O) groups is 1. The molecule has 4 heteroatoms. The number of phenolic OH excluding ortho intramolecular Hbond substituents is 2. The van der Waals surface area contributed by atoms with Gasteiger partial charge in [-0.1, -0.05) is 121 Å². The highest BCUT2D eigenvalue weighted by atomic mass is 16.5. The molecule has 0 saturated heterocycles. The van der Waals surface area contributed by atoms with Crippen molar-refractivity contribution in [1.82, 2.24) is 0 Å². The number of phenols is 2. The van der Waals surface area contributed by atoms with Gasteiger partial charge in [-0.3, -0.25) is 4.79 Å². The van der Waals surface area contributed by atoms with Crippen molar-refractivity contribution in [2.75, 3.05) is 6.61 Å². The van der Waals surface area contributed by atoms with Crippen LogP contribution in [0.3, 0.4) is 0 Å². The molecule has 4 nitrogen and oxygen atoms in total. The van der Waals surface area contributed by atoms with Crippen LogP contribution in [0.1, 0.15) is 143 Å². The summed E-state index contributed by atoms with van der Waals surface area (Å²) in [4.78, 5) is 11.7. The standard InChI is InChI=1S/C20H32O3.C16H26O/c1-8-11-23-17(21)10-9-14-12-15(19(2,3)4)18(22)16(13-14)20(5,6)7;1-8-11-9-12(15(2,3)4)14(17)13(10-11)16(5,6)7/h12-13,22H,8-11H2,1-7H3;9-10,17H,8H2,1-7H3. The van der Waals surface area contributed by atoms with E-state index in [1.165, 1.54) is 5.56 Å². The van der Waals surface area contributed by atoms with Crippen molar-refractivity contribution in [3.05, 3.63) is 57.6 Å². The van der Waals surface area contributed by atoms with Crippen LogP contribution in [0, 0.1) is 0 Å². The highest BCUT2D eigenvalue weighted by molar-refractivity contribution is 5.69. The molecule has 0 aliphatic carbocycles. The lowest BCUT2D eigenvalue weighted by molar-refractivity contribution is -0.143. The highest BCUT2D eigenvalue weighted by Crippen LogP contribution is 2.41. The first-order chi connectivity index (χ1) is 18.0. The summed E-state index contributed by atoms with van der Waals surface area (Å²) in [6.07, 6.45) is 2.85. The van der Waals surface area contributed by atoms with Gasteiger partial charge in [0.05, 0.1) is 6.61 Å². The van der Waals surface area contributed by atoms with E-state index in [1.54, 1.807) is 0 Å². The van der Waals surface area contributed by atoms with Crippen molar-refractivity contribution in [2.24, 2.45) is 0 Å². The van der Waals surface area contributed by atoms with E-state index in [9.17, 15) is 15.0 Å². The van der Waals surface area contributed by atoms with Crippen molar-refractivity contribution in [1.29, 1.82) is 0 Å². The third-order valence-electron chi connectivity index (χ3n) is 7.06. The Morgan fingerprint density at radius 3 is 1.23 bits per heavy atom. The number of hydrogen-bond acceptors (Lipinski definition) is 4. The number of carbonyl (C=O) groups excluding carboxylic acids is 1. The SMILES string of the molecule is CCCOC(=O)CCc1cc(C(C)(C)C)c(O)c(C(C)(C)C)c1.CCc1cc(C(C)(C)C)c(O)c(C(C)(C)C)c1. The molecule has 0 atom stereocenters. The molecule has 0 amide bonds. The van der Waals surface area contributed by atoms with E-state index < -0.39 is 0 Å². The Morgan fingerprint density at radius 2 is 0.950 bits per heavy atom. The average Bonchev–Trinajstić information content (AvgIpc) is 2.79. The number of benzene rings is 2. The molecule has 2 N–H and O–H groups in total. The van der Waals surface area contributed by atoms with E-state index >= 15 is 0 Å². The Kier molecular flexibility index (Phi) is 11.9. The fourth-order valence-corrected chi connectivity index (χ4v) is 4.56. The largest absolute Gasteiger partial charge is 0.507 e. The minimum atomic E-state index is -0.158. The maximum atomic E-state index is 11.7. The van der Waals surface area contributed by atoms with Crippen molar-refractivity contribution < 1.29 is 19.7 Å². The Labute approximate surface area is 245 Å². The average molecular weight is 555 g/mol. The van der Waals surface area contributed by atoms with Crippen LogP contribution in [-0.2, 0) is 44.0 Å². The topological polar surface area (TPSA) is 66.8 Å². The van der Waals surface area contributed by atoms with Crippen molar-refractivity contribution >= 4 is 5.97 Å². The van der Waals surface area contributed by atoms with E-state index in [0.717, 1.165) is 40.7 Å². The molecule has 0 saturated carbocycles. The highest BCUT2D eigenvalue weighted by Gasteiger charge is 2.27. The van der Waals surface area contributed by atoms with Gasteiger partial charge in [-0.2, -0.15) is 0 Å². The first-order valence-electron chi connectivity index (χ1n) is 14.9. The van der Waals surface area contributed by atoms with Crippen LogP contribution in [0.4, 0.5) is 0 Å². The zero-order valence-corrected chi connectivity index (χ0v) is 28.1. The molecule has 40 heavy (non-hydrogen) atoms. The third kappa shape index (κ3) is 10.2. The van der Waals surface area contributed by atoms with Crippen LogP contribution in [-0.4, -0.2) is 22.8 Å². The first kappa shape index (κ1) is 35.5. The molecule has 226 valence electrons. The molecule has 2 aromatic carbocycles. The second-order valence-corrected chi connectivity index (χ2v) is 15.2. The van der Waals surface area contributed by atoms with Crippen molar-refractivity contribution in [3.63, 3.8) is 0 Å². The second-order valence-electron chi connectivity index (χ2n) is 15.2. The van der Waals surface area contributed by atoms with E-state index in [2.05, 4.69) is 102 Å². The summed E-state index contributed by atoms with van der Waals surface area (Å²) in [6.45, 7) is 30.1. The summed E-state index contributed by atoms with van der Waals surface area (Å²) < 4.78 is 5.14. The summed E-state index contributed by atoms with van der Waals surface area (Å²) >= 11 is 0. The molecule has 2 rings (SSSR count). The number of aromatic hydroxyl groups is 2. The number of rotatable bonds is 6. The molecule has 0 bridgehead atoms. The first-order valence-corrected chi connectivity index (χ1v) is 14.9. The van der Waals surface area contributed by atoms with E-state index in [-0.39, 0.29) is 27.6 Å². The number of ether oxygens (including phenoxy) is 1. The Balaban J connectivity index is 0.000000418. The lowest BCUT2D eigenvalue weighted by Crippen LogP contribution is -2.18. The van der Waals surface area contributed by atoms with Crippen LogP contribution in [0.15, 0.2) is 24.3 Å². The lowest BCUT2D eigenvalue weighted by Gasteiger charge is -2.28. The fraction of sp³-hybridized carbons (Fsp3) is 0.639. The molecule has 0 unspecified atom stereocenters. The number of hydrogen-bond donors (Lipinski definition) is 2. The summed E-state index contributed by atoms with van der Waals surface area (Å²) in [5.74, 6) is 0.694. The van der Waals surface area contributed by atoms with E-state index in [4.69, 9.17) is 4.74 Å². The lowest BCUT2D eigenvalue weighted by atomic mass is 9.78. The van der Waals surface area contributed by atoms with Gasteiger partial charge in [0.25, 0.3) is 0 Å².